The number of aromatic amines is 1. The summed E-state index contributed by atoms with van der Waals surface area (Å²) in [4.78, 5) is 11.8. The highest BCUT2D eigenvalue weighted by Crippen LogP contribution is 2.36. The molecule has 0 saturated carbocycles. The molecule has 1 aromatic carbocycles. The summed E-state index contributed by atoms with van der Waals surface area (Å²) in [5.74, 6) is -0.965. The highest BCUT2D eigenvalue weighted by Gasteiger charge is 2.34. The molecule has 8 heteroatoms. The second-order valence-electron chi connectivity index (χ2n) is 4.23. The van der Waals surface area contributed by atoms with Gasteiger partial charge in [-0.05, 0) is 19.1 Å². The number of nitrogens with zero attached hydrogens (tertiary/aromatic N) is 1. The first-order valence-corrected chi connectivity index (χ1v) is 6.00. The summed E-state index contributed by atoms with van der Waals surface area (Å²) in [5, 5.41) is 8.60. The van der Waals surface area contributed by atoms with Crippen molar-refractivity contribution in [2.24, 2.45) is 0 Å². The molecular formula is C13H12F3N3O2. The van der Waals surface area contributed by atoms with Crippen molar-refractivity contribution in [1.82, 2.24) is 10.2 Å². The Morgan fingerprint density at radius 3 is 2.71 bits per heavy atom. The third-order valence-corrected chi connectivity index (χ3v) is 2.63. The summed E-state index contributed by atoms with van der Waals surface area (Å²) < 4.78 is 43.6. The van der Waals surface area contributed by atoms with E-state index >= 15 is 0 Å². The van der Waals surface area contributed by atoms with Crippen LogP contribution < -0.4 is 10.1 Å². The Bertz CT molecular complexity index is 611. The predicted molar refractivity (Wildman–Crippen MR) is 68.8 cm³/mol. The Labute approximate surface area is 118 Å². The van der Waals surface area contributed by atoms with Crippen LogP contribution in [0.4, 0.5) is 18.9 Å². The highest BCUT2D eigenvalue weighted by molar-refractivity contribution is 5.93. The molecule has 0 radical (unpaired) electrons. The van der Waals surface area contributed by atoms with Gasteiger partial charge < -0.3 is 10.1 Å². The SMILES string of the molecule is C[C@H](Oc1ccccc1C(F)(F)F)C(=O)Nc1cn[nH]c1. The van der Waals surface area contributed by atoms with Crippen molar-refractivity contribution in [2.45, 2.75) is 19.2 Å². The molecule has 0 aliphatic carbocycles. The minimum Gasteiger partial charge on any atom is -0.480 e. The molecule has 1 aromatic heterocycles. The maximum Gasteiger partial charge on any atom is 0.419 e. The highest BCUT2D eigenvalue weighted by atomic mass is 19.4. The number of alkyl halides is 3. The fourth-order valence-electron chi connectivity index (χ4n) is 1.61. The van der Waals surface area contributed by atoms with Gasteiger partial charge in [-0.25, -0.2) is 0 Å². The van der Waals surface area contributed by atoms with E-state index < -0.39 is 23.8 Å². The Morgan fingerprint density at radius 1 is 1.38 bits per heavy atom. The number of H-pyrrole nitrogens is 1. The Hall–Kier alpha value is -2.51. The number of hydrogen-bond donors (Lipinski definition) is 2. The fourth-order valence-corrected chi connectivity index (χ4v) is 1.61. The Balaban J connectivity index is 2.09. The van der Waals surface area contributed by atoms with Gasteiger partial charge in [0, 0.05) is 6.20 Å². The van der Waals surface area contributed by atoms with E-state index in [0.29, 0.717) is 5.69 Å². The first kappa shape index (κ1) is 14.9. The van der Waals surface area contributed by atoms with E-state index in [9.17, 15) is 18.0 Å². The molecule has 0 saturated heterocycles. The molecule has 0 unspecified atom stereocenters. The molecule has 2 aromatic rings. The second kappa shape index (κ2) is 5.86. The van der Waals surface area contributed by atoms with Gasteiger partial charge in [-0.3, -0.25) is 9.89 Å². The van der Waals surface area contributed by atoms with Crippen LogP contribution in [0.2, 0.25) is 0 Å². The average molecular weight is 299 g/mol. The number of carbonyl (C=O) groups excluding carboxylic acids is 1. The van der Waals surface area contributed by atoms with Crippen molar-refractivity contribution in [3.63, 3.8) is 0 Å². The molecule has 21 heavy (non-hydrogen) atoms. The lowest BCUT2D eigenvalue weighted by molar-refractivity contribution is -0.140. The zero-order chi connectivity index (χ0) is 15.5. The van der Waals surface area contributed by atoms with Crippen LogP contribution in [0.1, 0.15) is 12.5 Å². The lowest BCUT2D eigenvalue weighted by atomic mass is 10.2. The third-order valence-electron chi connectivity index (χ3n) is 2.63. The van der Waals surface area contributed by atoms with Crippen LogP contribution in [0.25, 0.3) is 0 Å². The van der Waals surface area contributed by atoms with E-state index in [1.807, 2.05) is 0 Å². The predicted octanol–water partition coefficient (Wildman–Crippen LogP) is 2.83. The molecular weight excluding hydrogens is 287 g/mol. The molecule has 2 N–H and O–H groups in total. The van der Waals surface area contributed by atoms with Gasteiger partial charge in [-0.2, -0.15) is 18.3 Å². The van der Waals surface area contributed by atoms with E-state index in [1.54, 1.807) is 0 Å². The van der Waals surface area contributed by atoms with Gasteiger partial charge in [-0.1, -0.05) is 12.1 Å². The van der Waals surface area contributed by atoms with Crippen LogP contribution in [0.5, 0.6) is 5.75 Å². The van der Waals surface area contributed by atoms with Crippen molar-refractivity contribution >= 4 is 11.6 Å². The van der Waals surface area contributed by atoms with Gasteiger partial charge in [0.25, 0.3) is 5.91 Å². The first-order valence-electron chi connectivity index (χ1n) is 6.00. The van der Waals surface area contributed by atoms with Gasteiger partial charge in [0.05, 0.1) is 17.4 Å². The number of rotatable bonds is 4. The molecule has 1 heterocycles. The lowest BCUT2D eigenvalue weighted by Gasteiger charge is -2.17. The van der Waals surface area contributed by atoms with E-state index in [2.05, 4.69) is 15.5 Å². The van der Waals surface area contributed by atoms with Crippen LogP contribution in [-0.4, -0.2) is 22.2 Å². The van der Waals surface area contributed by atoms with Crippen molar-refractivity contribution in [2.75, 3.05) is 5.32 Å². The zero-order valence-electron chi connectivity index (χ0n) is 10.9. The first-order chi connectivity index (χ1) is 9.88. The number of benzene rings is 1. The van der Waals surface area contributed by atoms with Gasteiger partial charge in [-0.15, -0.1) is 0 Å². The lowest BCUT2D eigenvalue weighted by Crippen LogP contribution is -2.30. The number of ether oxygens (including phenoxy) is 1. The van der Waals surface area contributed by atoms with E-state index in [0.717, 1.165) is 6.07 Å². The fraction of sp³-hybridized carbons (Fsp3) is 0.231. The monoisotopic (exact) mass is 299 g/mol. The molecule has 1 amide bonds. The minimum absolute atomic E-state index is 0.389. The van der Waals surface area contributed by atoms with Crippen LogP contribution in [0.15, 0.2) is 36.7 Å². The van der Waals surface area contributed by atoms with E-state index in [-0.39, 0.29) is 5.75 Å². The normalized spacial score (nSPS) is 12.8. The van der Waals surface area contributed by atoms with Crippen molar-refractivity contribution < 1.29 is 22.7 Å². The van der Waals surface area contributed by atoms with Crippen LogP contribution in [-0.2, 0) is 11.0 Å². The summed E-state index contributed by atoms with van der Waals surface area (Å²) in [5.41, 5.74) is -0.521. The van der Waals surface area contributed by atoms with E-state index in [4.69, 9.17) is 4.74 Å². The Kier molecular flexibility index (Phi) is 4.15. The topological polar surface area (TPSA) is 67.0 Å². The summed E-state index contributed by atoms with van der Waals surface area (Å²) >= 11 is 0. The molecule has 0 bridgehead atoms. The van der Waals surface area contributed by atoms with Gasteiger partial charge in [0.1, 0.15) is 5.75 Å². The second-order valence-corrected chi connectivity index (χ2v) is 4.23. The molecule has 1 atom stereocenters. The summed E-state index contributed by atoms with van der Waals surface area (Å²) in [6.45, 7) is 1.36. The molecule has 0 aliphatic heterocycles. The number of hydrogen-bond acceptors (Lipinski definition) is 3. The molecule has 0 spiro atoms. The Morgan fingerprint density at radius 2 is 2.10 bits per heavy atom. The number of halogens is 3. The largest absolute Gasteiger partial charge is 0.480 e. The van der Waals surface area contributed by atoms with Crippen molar-refractivity contribution in [3.05, 3.63) is 42.2 Å². The standard InChI is InChI=1S/C13H12F3N3O2/c1-8(12(20)19-9-6-17-18-7-9)21-11-5-3-2-4-10(11)13(14,15)16/h2-8H,1H3,(H,17,18)(H,19,20)/t8-/m0/s1. The number of para-hydroxylation sites is 1. The zero-order valence-corrected chi connectivity index (χ0v) is 10.9. The van der Waals surface area contributed by atoms with Crippen molar-refractivity contribution in [1.29, 1.82) is 0 Å². The maximum absolute atomic E-state index is 12.8. The quantitative estimate of drug-likeness (QED) is 0.912. The van der Waals surface area contributed by atoms with Crippen LogP contribution >= 0.6 is 0 Å². The number of carbonyl (C=O) groups is 1. The molecule has 0 fully saturated rings. The average Bonchev–Trinajstić information content (AvgIpc) is 2.91. The summed E-state index contributed by atoms with van der Waals surface area (Å²) in [7, 11) is 0. The summed E-state index contributed by atoms with van der Waals surface area (Å²) in [6, 6.07) is 4.73. The number of amides is 1. The van der Waals surface area contributed by atoms with Gasteiger partial charge in [0.2, 0.25) is 0 Å². The van der Waals surface area contributed by atoms with E-state index in [1.165, 1.54) is 37.5 Å². The molecule has 112 valence electrons. The summed E-state index contributed by atoms with van der Waals surface area (Å²) in [6.07, 6.45) is -2.83. The van der Waals surface area contributed by atoms with Gasteiger partial charge in [0.15, 0.2) is 6.10 Å². The van der Waals surface area contributed by atoms with Crippen LogP contribution in [0.3, 0.4) is 0 Å². The van der Waals surface area contributed by atoms with Crippen LogP contribution in [0, 0.1) is 0 Å². The number of aromatic nitrogens is 2. The minimum atomic E-state index is -4.54. The van der Waals surface area contributed by atoms with Crippen molar-refractivity contribution in [3.8, 4) is 5.75 Å². The van der Waals surface area contributed by atoms with Gasteiger partial charge >= 0.3 is 6.18 Å². The third kappa shape index (κ3) is 3.74. The molecule has 5 nitrogen and oxygen atoms in total. The number of nitrogens with one attached hydrogen (secondary N) is 2. The molecule has 2 rings (SSSR count). The number of anilines is 1. The molecule has 0 aliphatic rings. The smallest absolute Gasteiger partial charge is 0.419 e. The maximum atomic E-state index is 12.8.